The van der Waals surface area contributed by atoms with Crippen molar-refractivity contribution in [1.82, 2.24) is 0 Å². The summed E-state index contributed by atoms with van der Waals surface area (Å²) in [6, 6.07) is 0.477. The fraction of sp³-hybridized carbons (Fsp3) is 0.167. The first kappa shape index (κ1) is 3.19. The molecule has 34 valence electrons. The highest BCUT2D eigenvalue weighted by atomic mass is 15.0. The van der Waals surface area contributed by atoms with Crippen molar-refractivity contribution in [1.29, 1.82) is 0 Å². The zero-order valence-corrected chi connectivity index (χ0v) is 3.83. The molecule has 0 radical (unpaired) electrons. The second-order valence-electron chi connectivity index (χ2n) is 1.74. The first-order valence-corrected chi connectivity index (χ1v) is 2.39. The van der Waals surface area contributed by atoms with Crippen molar-refractivity contribution in [2.45, 2.75) is 6.04 Å². The lowest BCUT2D eigenvalue weighted by atomic mass is 10.2. The molecule has 0 saturated carbocycles. The summed E-state index contributed by atoms with van der Waals surface area (Å²) in [4.78, 5) is 4.10. The van der Waals surface area contributed by atoms with E-state index < -0.39 is 0 Å². The molecule has 0 spiro atoms. The molecule has 0 aromatic carbocycles. The van der Waals surface area contributed by atoms with E-state index in [4.69, 9.17) is 0 Å². The highest BCUT2D eigenvalue weighted by Crippen LogP contribution is 2.17. The van der Waals surface area contributed by atoms with E-state index in [-0.39, 0.29) is 0 Å². The second-order valence-corrected chi connectivity index (χ2v) is 1.74. The third kappa shape index (κ3) is 0.346. The molecule has 1 unspecified atom stereocenters. The van der Waals surface area contributed by atoms with Gasteiger partial charge in [0, 0.05) is 0 Å². The van der Waals surface area contributed by atoms with Crippen molar-refractivity contribution in [3.8, 4) is 0 Å². The van der Waals surface area contributed by atoms with Crippen LogP contribution in [-0.2, 0) is 0 Å². The molecule has 1 nitrogen and oxygen atoms in total. The Morgan fingerprint density at radius 3 is 3.00 bits per heavy atom. The molecule has 0 bridgehead atoms. The highest BCUT2D eigenvalue weighted by molar-refractivity contribution is 6.11. The molecule has 0 amide bonds. The van der Waals surface area contributed by atoms with E-state index in [0.29, 0.717) is 6.04 Å². The summed E-state index contributed by atoms with van der Waals surface area (Å²) in [6.45, 7) is 0. The van der Waals surface area contributed by atoms with Gasteiger partial charge in [-0.15, -0.1) is 0 Å². The van der Waals surface area contributed by atoms with Gasteiger partial charge in [-0.1, -0.05) is 18.2 Å². The van der Waals surface area contributed by atoms with E-state index in [1.54, 1.807) is 0 Å². The molecule has 1 heterocycles. The molecule has 0 saturated heterocycles. The van der Waals surface area contributed by atoms with E-state index in [2.05, 4.69) is 11.1 Å². The Labute approximate surface area is 42.1 Å². The summed E-state index contributed by atoms with van der Waals surface area (Å²) in [7, 11) is 0. The average molecular weight is 91.1 g/mol. The Kier molecular flexibility index (Phi) is 0.392. The summed E-state index contributed by atoms with van der Waals surface area (Å²) in [5, 5.41) is 0. The van der Waals surface area contributed by atoms with Gasteiger partial charge >= 0.3 is 0 Å². The maximum Gasteiger partial charge on any atom is 0.110 e. The van der Waals surface area contributed by atoms with Gasteiger partial charge in [0.1, 0.15) is 6.04 Å². The number of hydrogen-bond donors (Lipinski definition) is 0. The minimum atomic E-state index is 0.477. The van der Waals surface area contributed by atoms with Gasteiger partial charge in [-0.3, -0.25) is 4.99 Å². The maximum atomic E-state index is 4.10. The first-order chi connectivity index (χ1) is 3.47. The summed E-state index contributed by atoms with van der Waals surface area (Å²) in [5.74, 6) is 0. The first-order valence-electron chi connectivity index (χ1n) is 2.39. The standard InChI is InChI=1S/C6H5N/c1-2-4-6-5(3-1)7-6/h1-5H. The van der Waals surface area contributed by atoms with Crippen LogP contribution in [0.25, 0.3) is 0 Å². The second kappa shape index (κ2) is 0.861. The predicted molar refractivity (Wildman–Crippen MR) is 29.5 cm³/mol. The van der Waals surface area contributed by atoms with Crippen LogP contribution in [0.3, 0.4) is 0 Å². The van der Waals surface area contributed by atoms with Crippen molar-refractivity contribution in [3.05, 3.63) is 24.3 Å². The van der Waals surface area contributed by atoms with Gasteiger partial charge in [-0.05, 0) is 6.08 Å². The lowest BCUT2D eigenvalue weighted by Gasteiger charge is -1.83. The highest BCUT2D eigenvalue weighted by Gasteiger charge is 2.22. The van der Waals surface area contributed by atoms with Crippen molar-refractivity contribution < 1.29 is 0 Å². The van der Waals surface area contributed by atoms with Crippen LogP contribution in [0.15, 0.2) is 29.3 Å². The number of rotatable bonds is 0. The topological polar surface area (TPSA) is 12.4 Å². The van der Waals surface area contributed by atoms with Gasteiger partial charge in [0.15, 0.2) is 0 Å². The smallest absolute Gasteiger partial charge is 0.110 e. The molecule has 0 aromatic rings. The number of nitrogens with zero attached hydrogens (tertiary/aromatic N) is 1. The molecular formula is C6H5N. The molecule has 2 rings (SSSR count). The Morgan fingerprint density at radius 1 is 1.43 bits per heavy atom. The van der Waals surface area contributed by atoms with Crippen molar-refractivity contribution in [3.63, 3.8) is 0 Å². The van der Waals surface area contributed by atoms with Crippen LogP contribution < -0.4 is 0 Å². The summed E-state index contributed by atoms with van der Waals surface area (Å²) < 4.78 is 0. The van der Waals surface area contributed by atoms with E-state index >= 15 is 0 Å². The van der Waals surface area contributed by atoms with Crippen LogP contribution in [0.5, 0.6) is 0 Å². The van der Waals surface area contributed by atoms with Crippen LogP contribution in [0, 0.1) is 0 Å². The fourth-order valence-corrected chi connectivity index (χ4v) is 0.730. The van der Waals surface area contributed by atoms with Crippen molar-refractivity contribution in [2.75, 3.05) is 0 Å². The molecule has 0 N–H and O–H groups in total. The Hall–Kier alpha value is -0.850. The zero-order chi connectivity index (χ0) is 4.69. The van der Waals surface area contributed by atoms with Gasteiger partial charge in [-0.25, -0.2) is 0 Å². The van der Waals surface area contributed by atoms with Crippen LogP contribution in [0.1, 0.15) is 0 Å². The van der Waals surface area contributed by atoms with E-state index in [1.165, 1.54) is 5.71 Å². The third-order valence-corrected chi connectivity index (χ3v) is 1.19. The Balaban J connectivity index is 2.38. The van der Waals surface area contributed by atoms with E-state index in [1.807, 2.05) is 18.2 Å². The van der Waals surface area contributed by atoms with Gasteiger partial charge in [0.2, 0.25) is 0 Å². The molecule has 7 heavy (non-hydrogen) atoms. The Bertz CT molecular complexity index is 175. The van der Waals surface area contributed by atoms with Crippen LogP contribution in [-0.4, -0.2) is 11.8 Å². The number of allylic oxidation sites excluding steroid dienone is 2. The molecule has 0 aromatic heterocycles. The molecule has 1 atom stereocenters. The van der Waals surface area contributed by atoms with Gasteiger partial charge in [-0.2, -0.15) is 0 Å². The van der Waals surface area contributed by atoms with Crippen LogP contribution in [0.2, 0.25) is 0 Å². The van der Waals surface area contributed by atoms with Gasteiger partial charge in [0.05, 0.1) is 5.71 Å². The minimum absolute atomic E-state index is 0.477. The number of fused-ring (bicyclic) bond motifs is 1. The van der Waals surface area contributed by atoms with Crippen LogP contribution in [0.4, 0.5) is 0 Å². The van der Waals surface area contributed by atoms with Crippen molar-refractivity contribution in [2.24, 2.45) is 4.99 Å². The van der Waals surface area contributed by atoms with E-state index in [9.17, 15) is 0 Å². The lowest BCUT2D eigenvalue weighted by Crippen LogP contribution is -1.90. The van der Waals surface area contributed by atoms with E-state index in [0.717, 1.165) is 0 Å². The van der Waals surface area contributed by atoms with Crippen molar-refractivity contribution >= 4 is 5.71 Å². The summed E-state index contributed by atoms with van der Waals surface area (Å²) >= 11 is 0. The normalized spacial score (nSPS) is 32.0. The summed E-state index contributed by atoms with van der Waals surface area (Å²) in [5.41, 5.74) is 1.24. The quantitative estimate of drug-likeness (QED) is 0.420. The summed E-state index contributed by atoms with van der Waals surface area (Å²) in [6.07, 6.45) is 8.19. The van der Waals surface area contributed by atoms with Crippen LogP contribution >= 0.6 is 0 Å². The lowest BCUT2D eigenvalue weighted by molar-refractivity contribution is 1.28. The number of hydrogen-bond acceptors (Lipinski definition) is 1. The monoisotopic (exact) mass is 91.0 g/mol. The Morgan fingerprint density at radius 2 is 2.43 bits per heavy atom. The fourth-order valence-electron chi connectivity index (χ4n) is 0.730. The predicted octanol–water partition coefficient (Wildman–Crippen LogP) is 0.936. The van der Waals surface area contributed by atoms with Gasteiger partial charge in [0.25, 0.3) is 0 Å². The SMILES string of the molecule is C1=CC2=NC2C=C1. The molecular weight excluding hydrogens is 86.1 g/mol. The molecule has 1 heteroatoms. The molecule has 0 fully saturated rings. The third-order valence-electron chi connectivity index (χ3n) is 1.19. The maximum absolute atomic E-state index is 4.10. The molecule has 1 aliphatic carbocycles. The van der Waals surface area contributed by atoms with Gasteiger partial charge < -0.3 is 0 Å². The zero-order valence-electron chi connectivity index (χ0n) is 3.83. The number of aliphatic imine (C=N–C) groups is 1. The minimum Gasteiger partial charge on any atom is -0.273 e. The average Bonchev–Trinajstić information content (AvgIpc) is 2.41. The largest absolute Gasteiger partial charge is 0.273 e. The molecule has 1 aliphatic heterocycles. The molecule has 2 aliphatic rings.